The molecule has 5 rings (SSSR count). The molecule has 2 nitrogen and oxygen atoms in total. The average molecular weight is 486 g/mol. The topological polar surface area (TPSA) is 23.5 Å². The molecule has 1 fully saturated rings. The van der Waals surface area contributed by atoms with Gasteiger partial charge in [0.05, 0.1) is 16.2 Å². The van der Waals surface area contributed by atoms with Gasteiger partial charge >= 0.3 is 6.18 Å². The highest BCUT2D eigenvalue weighted by atomic mass is 35.5. The number of halogens is 4. The molecule has 0 aromatic heterocycles. The molecule has 0 amide bonds. The van der Waals surface area contributed by atoms with E-state index in [1.807, 2.05) is 0 Å². The second-order valence-corrected chi connectivity index (χ2v) is 9.84. The van der Waals surface area contributed by atoms with Crippen LogP contribution in [0.5, 0.6) is 0 Å². The number of rotatable bonds is 5. The van der Waals surface area contributed by atoms with Crippen molar-refractivity contribution in [2.75, 3.05) is 19.6 Å². The molecular formula is C28H27ClF3NO. The fourth-order valence-corrected chi connectivity index (χ4v) is 5.78. The van der Waals surface area contributed by atoms with Crippen LogP contribution in [0, 0.1) is 0 Å². The molecule has 0 bridgehead atoms. The van der Waals surface area contributed by atoms with Gasteiger partial charge in [-0.2, -0.15) is 13.2 Å². The summed E-state index contributed by atoms with van der Waals surface area (Å²) in [5.41, 5.74) is 3.58. The summed E-state index contributed by atoms with van der Waals surface area (Å²) in [4.78, 5) is 2.31. The van der Waals surface area contributed by atoms with Crippen molar-refractivity contribution in [2.45, 2.75) is 43.4 Å². The first-order valence-corrected chi connectivity index (χ1v) is 12.1. The predicted molar refractivity (Wildman–Crippen MR) is 129 cm³/mol. The van der Waals surface area contributed by atoms with Gasteiger partial charge in [0.15, 0.2) is 0 Å². The molecule has 1 aliphatic carbocycles. The minimum absolute atomic E-state index is 0.294. The molecule has 6 heteroatoms. The summed E-state index contributed by atoms with van der Waals surface area (Å²) in [6, 6.07) is 21.0. The Kier molecular flexibility index (Phi) is 6.21. The molecule has 3 aromatic rings. The maximum absolute atomic E-state index is 13.3. The maximum atomic E-state index is 13.3. The van der Waals surface area contributed by atoms with Gasteiger partial charge in [0.25, 0.3) is 0 Å². The van der Waals surface area contributed by atoms with E-state index in [-0.39, 0.29) is 5.02 Å². The molecule has 0 spiro atoms. The van der Waals surface area contributed by atoms with Gasteiger partial charge < -0.3 is 10.0 Å². The Morgan fingerprint density at radius 1 is 0.912 bits per heavy atom. The van der Waals surface area contributed by atoms with Crippen LogP contribution in [0.4, 0.5) is 13.2 Å². The lowest BCUT2D eigenvalue weighted by molar-refractivity contribution is -0.137. The van der Waals surface area contributed by atoms with Gasteiger partial charge in [-0.1, -0.05) is 66.2 Å². The van der Waals surface area contributed by atoms with Crippen molar-refractivity contribution >= 4 is 11.6 Å². The third kappa shape index (κ3) is 4.37. The summed E-state index contributed by atoms with van der Waals surface area (Å²) in [6.45, 7) is 2.21. The quantitative estimate of drug-likeness (QED) is 0.412. The van der Waals surface area contributed by atoms with Gasteiger partial charge in [0, 0.05) is 19.0 Å². The van der Waals surface area contributed by atoms with Crippen LogP contribution >= 0.6 is 11.6 Å². The second kappa shape index (κ2) is 9.03. The molecule has 1 N–H and O–H groups in total. The molecule has 2 aliphatic rings. The number of benzene rings is 3. The molecule has 1 aliphatic heterocycles. The Balaban J connectivity index is 1.20. The van der Waals surface area contributed by atoms with Crippen molar-refractivity contribution < 1.29 is 18.3 Å². The number of piperidine rings is 1. The van der Waals surface area contributed by atoms with Crippen LogP contribution in [0.3, 0.4) is 0 Å². The Hall–Kier alpha value is -2.34. The summed E-state index contributed by atoms with van der Waals surface area (Å²) >= 11 is 5.75. The van der Waals surface area contributed by atoms with E-state index in [0.717, 1.165) is 25.5 Å². The summed E-state index contributed by atoms with van der Waals surface area (Å²) < 4.78 is 39.8. The van der Waals surface area contributed by atoms with Crippen molar-refractivity contribution in [3.63, 3.8) is 0 Å². The fraction of sp³-hybridized carbons (Fsp3) is 0.357. The molecule has 0 atom stereocenters. The SMILES string of the molecule is OC1(c2ccc(Cl)c(C(F)(F)F)c2)CCN(CCCC2c3ccccc3-c3ccccc32)CC1. The maximum Gasteiger partial charge on any atom is 0.417 e. The lowest BCUT2D eigenvalue weighted by atomic mass is 9.83. The number of fused-ring (bicyclic) bond motifs is 3. The minimum Gasteiger partial charge on any atom is -0.385 e. The summed E-state index contributed by atoms with van der Waals surface area (Å²) in [6.07, 6.45) is -1.67. The van der Waals surface area contributed by atoms with Crippen LogP contribution in [0.25, 0.3) is 11.1 Å². The van der Waals surface area contributed by atoms with E-state index in [0.29, 0.717) is 37.4 Å². The van der Waals surface area contributed by atoms with Gasteiger partial charge in [-0.25, -0.2) is 0 Å². The van der Waals surface area contributed by atoms with Crippen molar-refractivity contribution in [2.24, 2.45) is 0 Å². The summed E-state index contributed by atoms with van der Waals surface area (Å²) in [7, 11) is 0. The molecule has 0 unspecified atom stereocenters. The zero-order valence-corrected chi connectivity index (χ0v) is 19.5. The highest BCUT2D eigenvalue weighted by Crippen LogP contribution is 2.46. The predicted octanol–water partition coefficient (Wildman–Crippen LogP) is 7.23. The highest BCUT2D eigenvalue weighted by Gasteiger charge is 2.38. The van der Waals surface area contributed by atoms with E-state index in [2.05, 4.69) is 53.4 Å². The third-order valence-corrected chi connectivity index (χ3v) is 7.75. The van der Waals surface area contributed by atoms with E-state index < -0.39 is 17.3 Å². The van der Waals surface area contributed by atoms with E-state index >= 15 is 0 Å². The van der Waals surface area contributed by atoms with Gasteiger partial charge in [-0.15, -0.1) is 0 Å². The first-order chi connectivity index (χ1) is 16.3. The van der Waals surface area contributed by atoms with Crippen molar-refractivity contribution in [1.82, 2.24) is 4.90 Å². The molecule has 1 saturated heterocycles. The largest absolute Gasteiger partial charge is 0.417 e. The lowest BCUT2D eigenvalue weighted by Gasteiger charge is -2.39. The number of alkyl halides is 3. The summed E-state index contributed by atoms with van der Waals surface area (Å²) in [5.74, 6) is 0.393. The number of hydrogen-bond acceptors (Lipinski definition) is 2. The van der Waals surface area contributed by atoms with E-state index in [4.69, 9.17) is 11.6 Å². The van der Waals surface area contributed by atoms with Crippen LogP contribution in [0.1, 0.15) is 53.9 Å². The number of aliphatic hydroxyl groups is 1. The molecular weight excluding hydrogens is 459 g/mol. The first-order valence-electron chi connectivity index (χ1n) is 11.8. The van der Waals surface area contributed by atoms with Crippen LogP contribution < -0.4 is 0 Å². The number of nitrogens with zero attached hydrogens (tertiary/aromatic N) is 1. The zero-order chi connectivity index (χ0) is 23.9. The smallest absolute Gasteiger partial charge is 0.385 e. The van der Waals surface area contributed by atoms with E-state index in [1.54, 1.807) is 0 Å². The fourth-order valence-electron chi connectivity index (χ4n) is 5.56. The molecule has 34 heavy (non-hydrogen) atoms. The summed E-state index contributed by atoms with van der Waals surface area (Å²) in [5, 5.41) is 10.8. The van der Waals surface area contributed by atoms with E-state index in [1.165, 1.54) is 34.4 Å². The van der Waals surface area contributed by atoms with Crippen LogP contribution in [0.15, 0.2) is 66.7 Å². The first kappa shape index (κ1) is 23.4. The number of likely N-dealkylation sites (tertiary alicyclic amines) is 1. The molecule has 1 heterocycles. The van der Waals surface area contributed by atoms with Crippen molar-refractivity contribution in [3.8, 4) is 11.1 Å². The standard InChI is InChI=1S/C28H27ClF3NO/c29-26-12-11-19(18-25(26)28(30,31)32)27(34)13-16-33(17-14-27)15-5-10-24-22-8-3-1-6-20(22)21-7-2-4-9-23(21)24/h1-4,6-9,11-12,18,24,34H,5,10,13-17H2. The van der Waals surface area contributed by atoms with Gasteiger partial charge in [-0.3, -0.25) is 0 Å². The average Bonchev–Trinajstić information content (AvgIpc) is 3.14. The second-order valence-electron chi connectivity index (χ2n) is 9.43. The molecule has 178 valence electrons. The van der Waals surface area contributed by atoms with Gasteiger partial charge in [0.2, 0.25) is 0 Å². The Labute approximate surface area is 203 Å². The van der Waals surface area contributed by atoms with Gasteiger partial charge in [-0.05, 0) is 72.2 Å². The lowest BCUT2D eigenvalue weighted by Crippen LogP contribution is -2.43. The third-order valence-electron chi connectivity index (χ3n) is 7.42. The minimum atomic E-state index is -4.54. The molecule has 0 radical (unpaired) electrons. The zero-order valence-electron chi connectivity index (χ0n) is 18.8. The Morgan fingerprint density at radius 3 is 2.09 bits per heavy atom. The van der Waals surface area contributed by atoms with Crippen molar-refractivity contribution in [3.05, 3.63) is 94.0 Å². The normalized spacial score (nSPS) is 18.0. The van der Waals surface area contributed by atoms with Crippen LogP contribution in [-0.2, 0) is 11.8 Å². The Morgan fingerprint density at radius 2 is 1.50 bits per heavy atom. The van der Waals surface area contributed by atoms with E-state index in [9.17, 15) is 18.3 Å². The Bertz CT molecular complexity index is 1140. The van der Waals surface area contributed by atoms with Crippen molar-refractivity contribution in [1.29, 1.82) is 0 Å². The number of hydrogen-bond donors (Lipinski definition) is 1. The van der Waals surface area contributed by atoms with Gasteiger partial charge in [0.1, 0.15) is 0 Å². The highest BCUT2D eigenvalue weighted by molar-refractivity contribution is 6.31. The van der Waals surface area contributed by atoms with Crippen LogP contribution in [0.2, 0.25) is 5.02 Å². The molecule has 3 aromatic carbocycles. The van der Waals surface area contributed by atoms with Crippen LogP contribution in [-0.4, -0.2) is 29.6 Å². The monoisotopic (exact) mass is 485 g/mol. The molecule has 0 saturated carbocycles.